The molecule has 0 radical (unpaired) electrons. The molecule has 1 fully saturated rings. The third-order valence-corrected chi connectivity index (χ3v) is 6.05. The quantitative estimate of drug-likeness (QED) is 0.829. The first-order valence-electron chi connectivity index (χ1n) is 9.46. The molecule has 0 spiro atoms. The molecule has 27 heavy (non-hydrogen) atoms. The van der Waals surface area contributed by atoms with E-state index in [4.69, 9.17) is 0 Å². The van der Waals surface area contributed by atoms with Crippen molar-refractivity contribution in [2.24, 2.45) is 0 Å². The number of amides is 1. The molecule has 1 saturated heterocycles. The zero-order valence-electron chi connectivity index (χ0n) is 16.3. The van der Waals surface area contributed by atoms with Crippen molar-refractivity contribution >= 4 is 28.5 Å². The van der Waals surface area contributed by atoms with Gasteiger partial charge in [0.15, 0.2) is 5.13 Å². The highest BCUT2D eigenvalue weighted by Crippen LogP contribution is 2.21. The average Bonchev–Trinajstić information content (AvgIpc) is 2.99. The first-order valence-corrected chi connectivity index (χ1v) is 10.3. The summed E-state index contributed by atoms with van der Waals surface area (Å²) in [5.74, 6) is 0.0289. The van der Waals surface area contributed by atoms with Gasteiger partial charge in [0.05, 0.1) is 11.7 Å². The Morgan fingerprint density at radius 2 is 1.93 bits per heavy atom. The van der Waals surface area contributed by atoms with Crippen LogP contribution in [0.4, 0.5) is 5.13 Å². The lowest BCUT2D eigenvalue weighted by Crippen LogP contribution is -2.52. The van der Waals surface area contributed by atoms with Gasteiger partial charge in [-0.25, -0.2) is 4.98 Å². The van der Waals surface area contributed by atoms with Crippen molar-refractivity contribution in [3.63, 3.8) is 0 Å². The van der Waals surface area contributed by atoms with Gasteiger partial charge in [-0.1, -0.05) is 42.5 Å². The van der Waals surface area contributed by atoms with Gasteiger partial charge in [0.1, 0.15) is 0 Å². The zero-order valence-corrected chi connectivity index (χ0v) is 17.1. The highest BCUT2D eigenvalue weighted by Gasteiger charge is 2.25. The Kier molecular flexibility index (Phi) is 6.77. The van der Waals surface area contributed by atoms with Gasteiger partial charge in [-0.2, -0.15) is 0 Å². The third kappa shape index (κ3) is 5.48. The second-order valence-electron chi connectivity index (χ2n) is 6.98. The molecule has 1 aliphatic heterocycles. The minimum Gasteiger partial charge on any atom is -0.301 e. The second kappa shape index (κ2) is 9.26. The van der Waals surface area contributed by atoms with E-state index in [9.17, 15) is 4.79 Å². The molecule has 1 aliphatic rings. The van der Waals surface area contributed by atoms with Gasteiger partial charge in [0.25, 0.3) is 0 Å². The topological polar surface area (TPSA) is 48.5 Å². The fraction of sp³-hybridized carbons (Fsp3) is 0.429. The fourth-order valence-corrected chi connectivity index (χ4v) is 3.95. The number of aryl methyl sites for hydroxylation is 2. The number of rotatable bonds is 6. The number of carbonyl (C=O) groups excluding carboxylic acids is 1. The molecule has 1 unspecified atom stereocenters. The normalized spacial score (nSPS) is 17.3. The van der Waals surface area contributed by atoms with E-state index in [0.717, 1.165) is 43.3 Å². The maximum absolute atomic E-state index is 12.5. The van der Waals surface area contributed by atoms with Gasteiger partial charge in [0, 0.05) is 37.6 Å². The van der Waals surface area contributed by atoms with Crippen LogP contribution in [-0.4, -0.2) is 59.5 Å². The third-order valence-electron chi connectivity index (χ3n) is 5.07. The van der Waals surface area contributed by atoms with Crippen LogP contribution in [0.15, 0.2) is 36.4 Å². The summed E-state index contributed by atoms with van der Waals surface area (Å²) in [6.45, 7) is 10.7. The van der Waals surface area contributed by atoms with E-state index in [1.54, 1.807) is 0 Å². The van der Waals surface area contributed by atoms with E-state index in [-0.39, 0.29) is 11.9 Å². The lowest BCUT2D eigenvalue weighted by molar-refractivity contribution is -0.121. The van der Waals surface area contributed by atoms with Gasteiger partial charge in [-0.15, -0.1) is 11.3 Å². The van der Waals surface area contributed by atoms with Gasteiger partial charge in [-0.05, 0) is 26.3 Å². The Balaban J connectivity index is 1.44. The standard InChI is InChI=1S/C21H28N4OS/c1-16-18(3)27-21(22-16)23-20(26)17(2)25-14-12-24(13-15-25)11-7-10-19-8-5-4-6-9-19/h4-10,17H,11-15H2,1-3H3,(H,22,23,26)/b10-7+. The number of piperazine rings is 1. The van der Waals surface area contributed by atoms with E-state index in [1.807, 2.05) is 26.8 Å². The molecule has 0 bridgehead atoms. The number of anilines is 1. The molecule has 1 N–H and O–H groups in total. The highest BCUT2D eigenvalue weighted by molar-refractivity contribution is 7.15. The summed E-state index contributed by atoms with van der Waals surface area (Å²) in [6, 6.07) is 10.2. The molecule has 1 amide bonds. The number of hydrogen-bond acceptors (Lipinski definition) is 5. The van der Waals surface area contributed by atoms with Crippen molar-refractivity contribution in [3.8, 4) is 0 Å². The van der Waals surface area contributed by atoms with Crippen molar-refractivity contribution in [1.29, 1.82) is 0 Å². The minimum atomic E-state index is -0.142. The minimum absolute atomic E-state index is 0.0289. The smallest absolute Gasteiger partial charge is 0.243 e. The zero-order chi connectivity index (χ0) is 19.2. The van der Waals surface area contributed by atoms with E-state index in [0.29, 0.717) is 5.13 Å². The highest BCUT2D eigenvalue weighted by atomic mass is 32.1. The van der Waals surface area contributed by atoms with Crippen LogP contribution in [0.25, 0.3) is 6.08 Å². The fourth-order valence-electron chi connectivity index (χ4n) is 3.14. The molecule has 144 valence electrons. The number of carbonyl (C=O) groups is 1. The molecule has 3 rings (SSSR count). The van der Waals surface area contributed by atoms with Crippen LogP contribution in [0, 0.1) is 13.8 Å². The predicted octanol–water partition coefficient (Wildman–Crippen LogP) is 3.42. The number of benzene rings is 1. The number of hydrogen-bond donors (Lipinski definition) is 1. The molecular formula is C21H28N4OS. The molecule has 0 aliphatic carbocycles. The second-order valence-corrected chi connectivity index (χ2v) is 8.18. The predicted molar refractivity (Wildman–Crippen MR) is 113 cm³/mol. The molecule has 1 aromatic carbocycles. The van der Waals surface area contributed by atoms with Crippen LogP contribution >= 0.6 is 11.3 Å². The van der Waals surface area contributed by atoms with Crippen LogP contribution in [0.2, 0.25) is 0 Å². The largest absolute Gasteiger partial charge is 0.301 e. The van der Waals surface area contributed by atoms with Crippen LogP contribution in [0.5, 0.6) is 0 Å². The maximum atomic E-state index is 12.5. The summed E-state index contributed by atoms with van der Waals surface area (Å²) in [5, 5.41) is 3.67. The van der Waals surface area contributed by atoms with Crippen LogP contribution in [-0.2, 0) is 4.79 Å². The van der Waals surface area contributed by atoms with Gasteiger partial charge < -0.3 is 5.32 Å². The van der Waals surface area contributed by atoms with Crippen molar-refractivity contribution in [3.05, 3.63) is 52.5 Å². The van der Waals surface area contributed by atoms with E-state index >= 15 is 0 Å². The van der Waals surface area contributed by atoms with Crippen LogP contribution in [0.1, 0.15) is 23.1 Å². The number of nitrogens with zero attached hydrogens (tertiary/aromatic N) is 3. The summed E-state index contributed by atoms with van der Waals surface area (Å²) >= 11 is 1.54. The molecule has 2 heterocycles. The van der Waals surface area contributed by atoms with E-state index < -0.39 is 0 Å². The lowest BCUT2D eigenvalue weighted by Gasteiger charge is -2.36. The Labute approximate surface area is 165 Å². The summed E-state index contributed by atoms with van der Waals surface area (Å²) in [5.41, 5.74) is 2.22. The molecular weight excluding hydrogens is 356 g/mol. The Hall–Kier alpha value is -2.02. The lowest BCUT2D eigenvalue weighted by atomic mass is 10.2. The Bertz CT molecular complexity index is 759. The molecule has 0 saturated carbocycles. The van der Waals surface area contributed by atoms with Gasteiger partial charge >= 0.3 is 0 Å². The Morgan fingerprint density at radius 3 is 2.56 bits per heavy atom. The molecule has 6 heteroatoms. The molecule has 5 nitrogen and oxygen atoms in total. The van der Waals surface area contributed by atoms with Gasteiger partial charge in [0.2, 0.25) is 5.91 Å². The number of nitrogens with one attached hydrogen (secondary N) is 1. The summed E-state index contributed by atoms with van der Waals surface area (Å²) in [6.07, 6.45) is 4.38. The average molecular weight is 385 g/mol. The summed E-state index contributed by atoms with van der Waals surface area (Å²) in [4.78, 5) is 22.8. The first kappa shape index (κ1) is 19.7. The van der Waals surface area contributed by atoms with Crippen molar-refractivity contribution in [2.45, 2.75) is 26.8 Å². The molecule has 1 aromatic heterocycles. The van der Waals surface area contributed by atoms with Crippen molar-refractivity contribution < 1.29 is 4.79 Å². The maximum Gasteiger partial charge on any atom is 0.243 e. The van der Waals surface area contributed by atoms with Crippen molar-refractivity contribution in [2.75, 3.05) is 38.0 Å². The monoisotopic (exact) mass is 384 g/mol. The Morgan fingerprint density at radius 1 is 1.22 bits per heavy atom. The summed E-state index contributed by atoms with van der Waals surface area (Å²) < 4.78 is 0. The van der Waals surface area contributed by atoms with Gasteiger partial charge in [-0.3, -0.25) is 14.6 Å². The number of thiazole rings is 1. The first-order chi connectivity index (χ1) is 13.0. The van der Waals surface area contributed by atoms with E-state index in [1.165, 1.54) is 16.9 Å². The number of aromatic nitrogens is 1. The molecule has 2 aromatic rings. The van der Waals surface area contributed by atoms with E-state index in [2.05, 4.69) is 56.5 Å². The summed E-state index contributed by atoms with van der Waals surface area (Å²) in [7, 11) is 0. The van der Waals surface area contributed by atoms with Crippen molar-refractivity contribution in [1.82, 2.24) is 14.8 Å². The van der Waals surface area contributed by atoms with Crippen LogP contribution in [0.3, 0.4) is 0 Å². The van der Waals surface area contributed by atoms with Crippen LogP contribution < -0.4 is 5.32 Å². The molecule has 1 atom stereocenters. The SMILES string of the molecule is Cc1nc(NC(=O)C(C)N2CCN(C/C=C/c3ccccc3)CC2)sc1C.